The normalized spacial score (nSPS) is 10.5. The van der Waals surface area contributed by atoms with Crippen LogP contribution in [-0.4, -0.2) is 36.2 Å². The summed E-state index contributed by atoms with van der Waals surface area (Å²) >= 11 is 0. The minimum absolute atomic E-state index is 0.0856. The van der Waals surface area contributed by atoms with Crippen molar-refractivity contribution in [2.75, 3.05) is 14.2 Å². The molecular weight excluding hydrogens is 238 g/mol. The molecule has 1 aromatic heterocycles. The number of aromatic hydroxyl groups is 1. The number of hydrogen-bond acceptors (Lipinski definition) is 5. The zero-order valence-corrected chi connectivity index (χ0v) is 10.9. The predicted octanol–water partition coefficient (Wildman–Crippen LogP) is 1.49. The van der Waals surface area contributed by atoms with Gasteiger partial charge in [0.05, 0.1) is 19.9 Å². The molecule has 0 aliphatic rings. The van der Waals surface area contributed by atoms with Crippen molar-refractivity contribution in [1.82, 2.24) is 4.98 Å². The smallest absolute Gasteiger partial charge is 0.355 e. The van der Waals surface area contributed by atoms with Crippen LogP contribution in [0.1, 0.15) is 40.4 Å². The van der Waals surface area contributed by atoms with Crippen LogP contribution in [0.2, 0.25) is 0 Å². The fourth-order valence-electron chi connectivity index (χ4n) is 1.65. The highest BCUT2D eigenvalue weighted by Crippen LogP contribution is 2.29. The first-order valence-electron chi connectivity index (χ1n) is 5.52. The summed E-state index contributed by atoms with van der Waals surface area (Å²) in [6, 6.07) is 0. The number of methoxy groups -OCH3 is 2. The van der Waals surface area contributed by atoms with Gasteiger partial charge in [0.2, 0.25) is 0 Å². The minimum Gasteiger partial charge on any atom is -0.505 e. The van der Waals surface area contributed by atoms with Gasteiger partial charge in [0, 0.05) is 0 Å². The summed E-state index contributed by atoms with van der Waals surface area (Å²) in [6.07, 6.45) is 0.507. The number of hydrogen-bond donors (Lipinski definition) is 2. The van der Waals surface area contributed by atoms with E-state index < -0.39 is 11.9 Å². The molecule has 0 amide bonds. The zero-order chi connectivity index (χ0) is 13.9. The topological polar surface area (TPSA) is 88.6 Å². The lowest BCUT2D eigenvalue weighted by Crippen LogP contribution is -2.10. The molecule has 0 fully saturated rings. The maximum atomic E-state index is 11.6. The van der Waals surface area contributed by atoms with Crippen LogP contribution in [-0.2, 0) is 15.9 Å². The van der Waals surface area contributed by atoms with Crippen LogP contribution < -0.4 is 0 Å². The highest BCUT2D eigenvalue weighted by molar-refractivity contribution is 6.04. The van der Waals surface area contributed by atoms with Gasteiger partial charge < -0.3 is 19.6 Å². The lowest BCUT2D eigenvalue weighted by molar-refractivity contribution is 0.0550. The molecule has 0 atom stereocenters. The first-order chi connectivity index (χ1) is 8.42. The first kappa shape index (κ1) is 14.1. The molecule has 1 heterocycles. The second kappa shape index (κ2) is 5.57. The van der Waals surface area contributed by atoms with Crippen molar-refractivity contribution in [1.29, 1.82) is 0 Å². The molecule has 6 heteroatoms. The molecule has 0 bridgehead atoms. The Morgan fingerprint density at radius 3 is 2.22 bits per heavy atom. The van der Waals surface area contributed by atoms with Gasteiger partial charge in [-0.25, -0.2) is 9.59 Å². The van der Waals surface area contributed by atoms with E-state index in [-0.39, 0.29) is 22.9 Å². The van der Waals surface area contributed by atoms with Crippen LogP contribution in [0.3, 0.4) is 0 Å². The second-order valence-corrected chi connectivity index (χ2v) is 4.28. The fourth-order valence-corrected chi connectivity index (χ4v) is 1.65. The van der Waals surface area contributed by atoms with Gasteiger partial charge in [0.1, 0.15) is 11.3 Å². The van der Waals surface area contributed by atoms with E-state index in [1.807, 2.05) is 13.8 Å². The SMILES string of the molecule is COC(=O)c1[nH]c(CC(C)C)c(O)c1C(=O)OC. The molecule has 0 aromatic carbocycles. The molecule has 0 radical (unpaired) electrons. The lowest BCUT2D eigenvalue weighted by Gasteiger charge is -2.02. The van der Waals surface area contributed by atoms with Gasteiger partial charge in [-0.2, -0.15) is 0 Å². The van der Waals surface area contributed by atoms with Crippen molar-refractivity contribution in [3.63, 3.8) is 0 Å². The summed E-state index contributed by atoms with van der Waals surface area (Å²) in [4.78, 5) is 25.8. The maximum Gasteiger partial charge on any atom is 0.355 e. The van der Waals surface area contributed by atoms with Crippen molar-refractivity contribution in [3.05, 3.63) is 17.0 Å². The lowest BCUT2D eigenvalue weighted by atomic mass is 10.1. The average molecular weight is 255 g/mol. The van der Waals surface area contributed by atoms with Gasteiger partial charge in [-0.05, 0) is 12.3 Å². The molecule has 0 saturated carbocycles. The fraction of sp³-hybridized carbons (Fsp3) is 0.500. The Bertz CT molecular complexity index is 461. The van der Waals surface area contributed by atoms with Crippen LogP contribution >= 0.6 is 0 Å². The highest BCUT2D eigenvalue weighted by atomic mass is 16.5. The third-order valence-electron chi connectivity index (χ3n) is 2.44. The molecule has 0 aliphatic carbocycles. The zero-order valence-electron chi connectivity index (χ0n) is 10.9. The quantitative estimate of drug-likeness (QED) is 0.796. The number of carbonyl (C=O) groups excluding carboxylic acids is 2. The largest absolute Gasteiger partial charge is 0.505 e. The Hall–Kier alpha value is -1.98. The number of aromatic amines is 1. The summed E-state index contributed by atoms with van der Waals surface area (Å²) < 4.78 is 9.10. The van der Waals surface area contributed by atoms with E-state index >= 15 is 0 Å². The van der Waals surface area contributed by atoms with Crippen molar-refractivity contribution in [2.45, 2.75) is 20.3 Å². The molecule has 1 aromatic rings. The minimum atomic E-state index is -0.779. The van der Waals surface area contributed by atoms with Crippen LogP contribution in [0.15, 0.2) is 0 Å². The molecule has 100 valence electrons. The van der Waals surface area contributed by atoms with Gasteiger partial charge in [0.15, 0.2) is 5.75 Å². The first-order valence-corrected chi connectivity index (χ1v) is 5.52. The standard InChI is InChI=1S/C12H17NO5/c1-6(2)5-7-10(14)8(11(15)17-3)9(13-7)12(16)18-4/h6,13-14H,5H2,1-4H3. The van der Waals surface area contributed by atoms with Gasteiger partial charge in [0.25, 0.3) is 0 Å². The number of H-pyrrole nitrogens is 1. The van der Waals surface area contributed by atoms with Gasteiger partial charge >= 0.3 is 11.9 Å². The van der Waals surface area contributed by atoms with Crippen molar-refractivity contribution >= 4 is 11.9 Å². The molecule has 18 heavy (non-hydrogen) atoms. The molecule has 0 aliphatic heterocycles. The number of aromatic nitrogens is 1. The van der Waals surface area contributed by atoms with Crippen LogP contribution in [0, 0.1) is 5.92 Å². The number of nitrogens with one attached hydrogen (secondary N) is 1. The van der Waals surface area contributed by atoms with Crippen molar-refractivity contribution in [2.24, 2.45) is 5.92 Å². The Labute approximate surface area is 105 Å². The third-order valence-corrected chi connectivity index (χ3v) is 2.44. The molecule has 2 N–H and O–H groups in total. The monoisotopic (exact) mass is 255 g/mol. The second-order valence-electron chi connectivity index (χ2n) is 4.28. The summed E-state index contributed by atoms with van der Waals surface area (Å²) in [7, 11) is 2.38. The van der Waals surface area contributed by atoms with E-state index in [1.54, 1.807) is 0 Å². The summed E-state index contributed by atoms with van der Waals surface area (Å²) in [5, 5.41) is 9.96. The maximum absolute atomic E-state index is 11.6. The van der Waals surface area contributed by atoms with E-state index in [2.05, 4.69) is 14.5 Å². The van der Waals surface area contributed by atoms with Crippen molar-refractivity contribution < 1.29 is 24.2 Å². The summed E-state index contributed by atoms with van der Waals surface area (Å²) in [5.41, 5.74) is 0.156. The number of rotatable bonds is 4. The van der Waals surface area contributed by atoms with Gasteiger partial charge in [-0.15, -0.1) is 0 Å². The molecule has 6 nitrogen and oxygen atoms in total. The molecule has 1 rings (SSSR count). The van der Waals surface area contributed by atoms with E-state index in [9.17, 15) is 14.7 Å². The number of esters is 2. The summed E-state index contributed by atoms with van der Waals surface area (Å²) in [6.45, 7) is 3.91. The Morgan fingerprint density at radius 1 is 1.22 bits per heavy atom. The third kappa shape index (κ3) is 2.64. The van der Waals surface area contributed by atoms with Crippen LogP contribution in [0.5, 0.6) is 5.75 Å². The molecule has 0 unspecified atom stereocenters. The summed E-state index contributed by atoms with van der Waals surface area (Å²) in [5.74, 6) is -1.50. The number of carbonyl (C=O) groups is 2. The van der Waals surface area contributed by atoms with Gasteiger partial charge in [-0.1, -0.05) is 13.8 Å². The highest BCUT2D eigenvalue weighted by Gasteiger charge is 2.28. The van der Waals surface area contributed by atoms with E-state index in [0.29, 0.717) is 12.1 Å². The Morgan fingerprint density at radius 2 is 1.78 bits per heavy atom. The predicted molar refractivity (Wildman–Crippen MR) is 63.7 cm³/mol. The molecule has 0 spiro atoms. The Balaban J connectivity index is 3.31. The van der Waals surface area contributed by atoms with E-state index in [1.165, 1.54) is 14.2 Å². The van der Waals surface area contributed by atoms with Gasteiger partial charge in [-0.3, -0.25) is 0 Å². The van der Waals surface area contributed by atoms with Crippen LogP contribution in [0.25, 0.3) is 0 Å². The van der Waals surface area contributed by atoms with Crippen molar-refractivity contribution in [3.8, 4) is 5.75 Å². The Kier molecular flexibility index (Phi) is 4.36. The van der Waals surface area contributed by atoms with E-state index in [4.69, 9.17) is 0 Å². The van der Waals surface area contributed by atoms with E-state index in [0.717, 1.165) is 0 Å². The molecule has 0 saturated heterocycles. The molecular formula is C12H17NO5. The number of ether oxygens (including phenoxy) is 2. The van der Waals surface area contributed by atoms with Crippen LogP contribution in [0.4, 0.5) is 0 Å². The average Bonchev–Trinajstić information content (AvgIpc) is 2.64.